The summed E-state index contributed by atoms with van der Waals surface area (Å²) in [7, 11) is 0. The van der Waals surface area contributed by atoms with Gasteiger partial charge in [-0.05, 0) is 13.8 Å². The van der Waals surface area contributed by atoms with Crippen LogP contribution < -0.4 is 0 Å². The van der Waals surface area contributed by atoms with Crippen molar-refractivity contribution >= 4 is 6.15 Å². The molecule has 0 amide bonds. The third-order valence-electron chi connectivity index (χ3n) is 0.609. The molecule has 48 valence electrons. The van der Waals surface area contributed by atoms with Crippen molar-refractivity contribution in [2.75, 3.05) is 0 Å². The summed E-state index contributed by atoms with van der Waals surface area (Å²) >= 11 is 0. The summed E-state index contributed by atoms with van der Waals surface area (Å²) in [6, 6.07) is 1.98. The standard InChI is InChI=1S/C5H7N.CO2/c1-3-5(2)4-6;2-1-3/h3H,1-2H3;/b5-3-;. The Morgan fingerprint density at radius 3 is 1.89 bits per heavy atom. The normalized spacial score (nSPS) is 7.89. The maximum atomic E-state index is 8.12. The van der Waals surface area contributed by atoms with E-state index in [4.69, 9.17) is 14.9 Å². The average Bonchev–Trinajstić information content (AvgIpc) is 1.88. The van der Waals surface area contributed by atoms with Crippen molar-refractivity contribution in [2.45, 2.75) is 13.8 Å². The number of hydrogen-bond donors (Lipinski definition) is 0. The number of allylic oxidation sites excluding steroid dienone is 2. The summed E-state index contributed by atoms with van der Waals surface area (Å²) < 4.78 is 0. The molecule has 0 saturated heterocycles. The second-order valence-electron chi connectivity index (χ2n) is 1.17. The first-order valence-electron chi connectivity index (χ1n) is 2.25. The zero-order valence-corrected chi connectivity index (χ0v) is 5.34. The predicted octanol–water partition coefficient (Wildman–Crippen LogP) is 0.893. The highest BCUT2D eigenvalue weighted by molar-refractivity contribution is 5.20. The molecule has 0 aliphatic heterocycles. The predicted molar refractivity (Wildman–Crippen MR) is 30.1 cm³/mol. The Morgan fingerprint density at radius 1 is 1.56 bits per heavy atom. The molecule has 0 N–H and O–H groups in total. The molecular formula is C6H7NO2. The topological polar surface area (TPSA) is 57.9 Å². The lowest BCUT2D eigenvalue weighted by molar-refractivity contribution is -0.191. The Hall–Kier alpha value is -1.39. The van der Waals surface area contributed by atoms with Gasteiger partial charge in [-0.3, -0.25) is 0 Å². The smallest absolute Gasteiger partial charge is 0.193 e. The fraction of sp³-hybridized carbons (Fsp3) is 0.333. The molecule has 9 heavy (non-hydrogen) atoms. The Morgan fingerprint density at radius 2 is 1.89 bits per heavy atom. The Labute approximate surface area is 53.6 Å². The molecule has 0 heterocycles. The average molecular weight is 125 g/mol. The van der Waals surface area contributed by atoms with Gasteiger partial charge in [0.1, 0.15) is 0 Å². The molecule has 0 spiro atoms. The monoisotopic (exact) mass is 125 g/mol. The van der Waals surface area contributed by atoms with Crippen LogP contribution in [-0.4, -0.2) is 6.15 Å². The largest absolute Gasteiger partial charge is 0.373 e. The van der Waals surface area contributed by atoms with E-state index in [-0.39, 0.29) is 6.15 Å². The highest BCUT2D eigenvalue weighted by Gasteiger charge is 1.71. The fourth-order valence-corrected chi connectivity index (χ4v) is 0.0645. The minimum absolute atomic E-state index is 0.250. The van der Waals surface area contributed by atoms with Crippen molar-refractivity contribution in [2.24, 2.45) is 0 Å². The first kappa shape index (κ1) is 10.6. The summed E-state index contributed by atoms with van der Waals surface area (Å²) in [6.07, 6.45) is 2.03. The highest BCUT2D eigenvalue weighted by atomic mass is 16.2. The quantitative estimate of drug-likeness (QED) is 0.452. The number of nitriles is 1. The van der Waals surface area contributed by atoms with Crippen LogP contribution in [0.2, 0.25) is 0 Å². The van der Waals surface area contributed by atoms with E-state index in [1.807, 2.05) is 13.0 Å². The molecule has 0 aromatic heterocycles. The van der Waals surface area contributed by atoms with E-state index in [2.05, 4.69) is 0 Å². The Balaban J connectivity index is 0. The summed E-state index contributed by atoms with van der Waals surface area (Å²) in [6.45, 7) is 3.62. The number of rotatable bonds is 0. The van der Waals surface area contributed by atoms with Crippen LogP contribution in [-0.2, 0) is 9.59 Å². The number of hydrogen-bond acceptors (Lipinski definition) is 3. The van der Waals surface area contributed by atoms with Gasteiger partial charge in [0, 0.05) is 5.57 Å². The molecule has 0 aromatic carbocycles. The third-order valence-corrected chi connectivity index (χ3v) is 0.609. The van der Waals surface area contributed by atoms with E-state index in [0.29, 0.717) is 0 Å². The fourth-order valence-electron chi connectivity index (χ4n) is 0.0645. The molecule has 0 fully saturated rings. The maximum absolute atomic E-state index is 8.12. The number of nitrogens with zero attached hydrogens (tertiary/aromatic N) is 1. The van der Waals surface area contributed by atoms with Crippen LogP contribution in [0.1, 0.15) is 13.8 Å². The lowest BCUT2D eigenvalue weighted by atomic mass is 10.3. The van der Waals surface area contributed by atoms with Crippen molar-refractivity contribution in [3.63, 3.8) is 0 Å². The van der Waals surface area contributed by atoms with E-state index < -0.39 is 0 Å². The van der Waals surface area contributed by atoms with E-state index >= 15 is 0 Å². The third kappa shape index (κ3) is 20.6. The minimum Gasteiger partial charge on any atom is -0.193 e. The van der Waals surface area contributed by atoms with Gasteiger partial charge in [-0.25, -0.2) is 0 Å². The van der Waals surface area contributed by atoms with Gasteiger partial charge in [0.25, 0.3) is 0 Å². The van der Waals surface area contributed by atoms with Crippen molar-refractivity contribution < 1.29 is 9.59 Å². The van der Waals surface area contributed by atoms with Crippen LogP contribution in [0, 0.1) is 11.3 Å². The van der Waals surface area contributed by atoms with Crippen LogP contribution in [0.4, 0.5) is 0 Å². The second kappa shape index (κ2) is 9.79. The van der Waals surface area contributed by atoms with Crippen molar-refractivity contribution in [1.82, 2.24) is 0 Å². The second-order valence-corrected chi connectivity index (χ2v) is 1.17. The van der Waals surface area contributed by atoms with Crippen molar-refractivity contribution in [3.8, 4) is 6.07 Å². The lowest BCUT2D eigenvalue weighted by Crippen LogP contribution is -1.58. The van der Waals surface area contributed by atoms with Crippen LogP contribution in [0.5, 0.6) is 0 Å². The van der Waals surface area contributed by atoms with Crippen LogP contribution in [0.3, 0.4) is 0 Å². The van der Waals surface area contributed by atoms with Crippen LogP contribution in [0.25, 0.3) is 0 Å². The molecule has 0 aliphatic carbocycles. The van der Waals surface area contributed by atoms with Gasteiger partial charge in [-0.1, -0.05) is 6.08 Å². The summed E-state index contributed by atoms with van der Waals surface area (Å²) in [5.74, 6) is 0. The molecular weight excluding hydrogens is 118 g/mol. The Bertz CT molecular complexity index is 158. The van der Waals surface area contributed by atoms with Gasteiger partial charge in [-0.15, -0.1) is 0 Å². The molecule has 0 bridgehead atoms. The maximum Gasteiger partial charge on any atom is 0.373 e. The first-order valence-corrected chi connectivity index (χ1v) is 2.25. The van der Waals surface area contributed by atoms with Crippen LogP contribution >= 0.6 is 0 Å². The minimum atomic E-state index is 0.250. The van der Waals surface area contributed by atoms with E-state index in [1.165, 1.54) is 0 Å². The summed E-state index contributed by atoms with van der Waals surface area (Å²) in [4.78, 5) is 16.2. The highest BCUT2D eigenvalue weighted by Crippen LogP contribution is 1.83. The molecule has 0 radical (unpaired) electrons. The Kier molecular flexibility index (Phi) is 11.5. The van der Waals surface area contributed by atoms with E-state index in [0.717, 1.165) is 5.57 Å². The molecule has 3 nitrogen and oxygen atoms in total. The number of carbonyl (C=O) groups excluding carboxylic acids is 2. The summed E-state index contributed by atoms with van der Waals surface area (Å²) in [5.41, 5.74) is 0.773. The van der Waals surface area contributed by atoms with Gasteiger partial charge in [-0.2, -0.15) is 14.9 Å². The van der Waals surface area contributed by atoms with Crippen molar-refractivity contribution in [3.05, 3.63) is 11.6 Å². The molecule has 0 saturated carbocycles. The van der Waals surface area contributed by atoms with Crippen LogP contribution in [0.15, 0.2) is 11.6 Å². The van der Waals surface area contributed by atoms with Gasteiger partial charge >= 0.3 is 6.15 Å². The zero-order chi connectivity index (χ0) is 7.70. The van der Waals surface area contributed by atoms with Gasteiger partial charge in [0.15, 0.2) is 0 Å². The van der Waals surface area contributed by atoms with Gasteiger partial charge in [0.2, 0.25) is 0 Å². The molecule has 0 rings (SSSR count). The SMILES string of the molecule is C/C=C(/C)C#N.O=C=O. The molecule has 0 unspecified atom stereocenters. The van der Waals surface area contributed by atoms with Crippen molar-refractivity contribution in [1.29, 1.82) is 5.26 Å². The van der Waals surface area contributed by atoms with Gasteiger partial charge < -0.3 is 0 Å². The van der Waals surface area contributed by atoms with E-state index in [1.54, 1.807) is 13.0 Å². The molecule has 3 heteroatoms. The molecule has 0 aliphatic rings. The zero-order valence-electron chi connectivity index (χ0n) is 5.34. The first-order chi connectivity index (χ1) is 4.22. The lowest BCUT2D eigenvalue weighted by Gasteiger charge is -1.70. The van der Waals surface area contributed by atoms with Gasteiger partial charge in [0.05, 0.1) is 6.07 Å². The molecule has 0 atom stereocenters. The van der Waals surface area contributed by atoms with E-state index in [9.17, 15) is 0 Å². The summed E-state index contributed by atoms with van der Waals surface area (Å²) in [5, 5.41) is 8.02. The molecule has 0 aromatic rings.